The molecule has 0 aliphatic carbocycles. The van der Waals surface area contributed by atoms with E-state index in [1.54, 1.807) is 30.3 Å². The Morgan fingerprint density at radius 1 is 1.09 bits per heavy atom. The number of nitrogens with one attached hydrogen (secondary N) is 1. The Labute approximate surface area is 138 Å². The molecule has 0 aliphatic rings. The number of halogens is 1. The van der Waals surface area contributed by atoms with Gasteiger partial charge >= 0.3 is 5.97 Å². The van der Waals surface area contributed by atoms with E-state index in [0.717, 1.165) is 5.56 Å². The smallest absolute Gasteiger partial charge is 0.310 e. The van der Waals surface area contributed by atoms with Crippen LogP contribution in [-0.4, -0.2) is 23.6 Å². The highest BCUT2D eigenvalue weighted by molar-refractivity contribution is 6.31. The molecule has 0 fully saturated rings. The Hall–Kier alpha value is -2.53. The van der Waals surface area contributed by atoms with E-state index in [2.05, 4.69) is 5.32 Å². The number of benzene rings is 2. The van der Waals surface area contributed by atoms with Crippen LogP contribution in [0.5, 0.6) is 5.75 Å². The van der Waals surface area contributed by atoms with Gasteiger partial charge in [-0.25, -0.2) is 0 Å². The molecule has 2 aromatic carbocycles. The fourth-order valence-corrected chi connectivity index (χ4v) is 2.07. The van der Waals surface area contributed by atoms with Crippen molar-refractivity contribution >= 4 is 23.5 Å². The molecule has 120 valence electrons. The van der Waals surface area contributed by atoms with Crippen LogP contribution >= 0.6 is 11.6 Å². The van der Waals surface area contributed by atoms with E-state index < -0.39 is 11.9 Å². The normalized spacial score (nSPS) is 10.1. The lowest BCUT2D eigenvalue weighted by Crippen LogP contribution is -2.28. The van der Waals surface area contributed by atoms with Gasteiger partial charge in [-0.1, -0.05) is 41.9 Å². The summed E-state index contributed by atoms with van der Waals surface area (Å²) in [5.41, 5.74) is 1.49. The van der Waals surface area contributed by atoms with Gasteiger partial charge in [-0.3, -0.25) is 9.59 Å². The van der Waals surface area contributed by atoms with E-state index in [9.17, 15) is 9.59 Å². The van der Waals surface area contributed by atoms with Crippen molar-refractivity contribution in [3.05, 3.63) is 64.7 Å². The predicted octanol–water partition coefficient (Wildman–Crippen LogP) is 2.45. The van der Waals surface area contributed by atoms with E-state index in [1.165, 1.54) is 12.1 Å². The lowest BCUT2D eigenvalue weighted by molar-refractivity contribution is -0.147. The van der Waals surface area contributed by atoms with Gasteiger partial charge in [-0.2, -0.15) is 0 Å². The first-order valence-electron chi connectivity index (χ1n) is 6.98. The maximum atomic E-state index is 11.7. The van der Waals surface area contributed by atoms with E-state index in [0.29, 0.717) is 10.6 Å². The molecule has 1 amide bonds. The van der Waals surface area contributed by atoms with Crippen LogP contribution in [0.1, 0.15) is 11.1 Å². The highest BCUT2D eigenvalue weighted by Crippen LogP contribution is 2.14. The summed E-state index contributed by atoms with van der Waals surface area (Å²) in [5, 5.41) is 12.4. The average Bonchev–Trinajstić information content (AvgIpc) is 2.54. The molecule has 0 radical (unpaired) electrons. The van der Waals surface area contributed by atoms with Gasteiger partial charge in [0.05, 0.1) is 6.42 Å². The third kappa shape index (κ3) is 5.64. The third-order valence-electron chi connectivity index (χ3n) is 3.08. The molecule has 0 aliphatic heterocycles. The number of carbonyl (C=O) groups excluding carboxylic acids is 2. The fourth-order valence-electron chi connectivity index (χ4n) is 1.86. The second-order valence-corrected chi connectivity index (χ2v) is 5.28. The Bertz CT molecular complexity index is 685. The molecular weight excluding hydrogens is 318 g/mol. The van der Waals surface area contributed by atoms with Crippen molar-refractivity contribution in [1.82, 2.24) is 5.32 Å². The molecule has 0 atom stereocenters. The van der Waals surface area contributed by atoms with Crippen molar-refractivity contribution < 1.29 is 19.4 Å². The molecule has 6 heteroatoms. The van der Waals surface area contributed by atoms with Crippen LogP contribution < -0.4 is 5.32 Å². The van der Waals surface area contributed by atoms with Gasteiger partial charge in [-0.15, -0.1) is 0 Å². The first-order chi connectivity index (χ1) is 11.0. The summed E-state index contributed by atoms with van der Waals surface area (Å²) < 4.78 is 4.91. The maximum Gasteiger partial charge on any atom is 0.310 e. The monoisotopic (exact) mass is 333 g/mol. The highest BCUT2D eigenvalue weighted by atomic mass is 35.5. The van der Waals surface area contributed by atoms with Gasteiger partial charge in [0.1, 0.15) is 5.75 Å². The minimum absolute atomic E-state index is 0.0398. The van der Waals surface area contributed by atoms with Crippen LogP contribution in [0.15, 0.2) is 48.5 Å². The first-order valence-corrected chi connectivity index (χ1v) is 7.36. The van der Waals surface area contributed by atoms with E-state index in [4.69, 9.17) is 21.4 Å². The molecule has 5 nitrogen and oxygen atoms in total. The van der Waals surface area contributed by atoms with Gasteiger partial charge in [0.15, 0.2) is 6.61 Å². The molecule has 2 rings (SSSR count). The lowest BCUT2D eigenvalue weighted by Gasteiger charge is -2.08. The predicted molar refractivity (Wildman–Crippen MR) is 86.1 cm³/mol. The van der Waals surface area contributed by atoms with Crippen molar-refractivity contribution in [2.45, 2.75) is 13.0 Å². The second-order valence-electron chi connectivity index (χ2n) is 4.87. The molecule has 0 heterocycles. The minimum atomic E-state index is -0.511. The largest absolute Gasteiger partial charge is 0.508 e. The fraction of sp³-hybridized carbons (Fsp3) is 0.176. The SMILES string of the molecule is O=C(COC(=O)Cc1ccc(O)cc1)NCc1ccccc1Cl. The second kappa shape index (κ2) is 8.19. The molecule has 0 saturated carbocycles. The van der Waals surface area contributed by atoms with Crippen LogP contribution in [0, 0.1) is 0 Å². The summed E-state index contributed by atoms with van der Waals surface area (Å²) in [5.74, 6) is -0.784. The number of hydrogen-bond donors (Lipinski definition) is 2. The van der Waals surface area contributed by atoms with Crippen LogP contribution in [0.25, 0.3) is 0 Å². The third-order valence-corrected chi connectivity index (χ3v) is 3.45. The van der Waals surface area contributed by atoms with Gasteiger partial charge < -0.3 is 15.2 Å². The molecule has 2 N–H and O–H groups in total. The Morgan fingerprint density at radius 2 is 1.78 bits per heavy atom. The number of amides is 1. The summed E-state index contributed by atoms with van der Waals surface area (Å²) in [6, 6.07) is 13.4. The topological polar surface area (TPSA) is 75.6 Å². The minimum Gasteiger partial charge on any atom is -0.508 e. The molecule has 2 aromatic rings. The zero-order valence-electron chi connectivity index (χ0n) is 12.3. The molecule has 0 bridgehead atoms. The Morgan fingerprint density at radius 3 is 2.48 bits per heavy atom. The standard InChI is InChI=1S/C17H16ClNO4/c18-15-4-2-1-3-13(15)10-19-16(21)11-23-17(22)9-12-5-7-14(20)8-6-12/h1-8,20H,9-11H2,(H,19,21). The number of aromatic hydroxyl groups is 1. The van der Waals surface area contributed by atoms with Crippen LogP contribution in [0.3, 0.4) is 0 Å². The molecule has 23 heavy (non-hydrogen) atoms. The van der Waals surface area contributed by atoms with Crippen LogP contribution in [-0.2, 0) is 27.3 Å². The van der Waals surface area contributed by atoms with Crippen LogP contribution in [0.2, 0.25) is 5.02 Å². The number of ether oxygens (including phenoxy) is 1. The van der Waals surface area contributed by atoms with Crippen molar-refractivity contribution in [3.63, 3.8) is 0 Å². The van der Waals surface area contributed by atoms with E-state index >= 15 is 0 Å². The summed E-state index contributed by atoms with van der Waals surface area (Å²) in [4.78, 5) is 23.3. The summed E-state index contributed by atoms with van der Waals surface area (Å²) in [6.45, 7) is -0.0740. The van der Waals surface area contributed by atoms with Crippen molar-refractivity contribution in [3.8, 4) is 5.75 Å². The first kappa shape index (κ1) is 16.8. The number of phenols is 1. The molecule has 0 spiro atoms. The van der Waals surface area contributed by atoms with Gasteiger partial charge in [0.2, 0.25) is 0 Å². The zero-order valence-corrected chi connectivity index (χ0v) is 13.0. The Kier molecular flexibility index (Phi) is 6.00. The number of carbonyl (C=O) groups is 2. The maximum absolute atomic E-state index is 11.7. The van der Waals surface area contributed by atoms with Gasteiger partial charge in [0.25, 0.3) is 5.91 Å². The summed E-state index contributed by atoms with van der Waals surface area (Å²) in [7, 11) is 0. The number of hydrogen-bond acceptors (Lipinski definition) is 4. The van der Waals surface area contributed by atoms with Gasteiger partial charge in [0, 0.05) is 11.6 Å². The zero-order chi connectivity index (χ0) is 16.7. The van der Waals surface area contributed by atoms with Crippen molar-refractivity contribution in [2.75, 3.05) is 6.61 Å². The lowest BCUT2D eigenvalue weighted by atomic mass is 10.1. The highest BCUT2D eigenvalue weighted by Gasteiger charge is 2.09. The molecule has 0 saturated heterocycles. The van der Waals surface area contributed by atoms with E-state index in [1.807, 2.05) is 6.07 Å². The van der Waals surface area contributed by atoms with Gasteiger partial charge in [-0.05, 0) is 29.3 Å². The average molecular weight is 334 g/mol. The summed E-state index contributed by atoms with van der Waals surface area (Å²) in [6.07, 6.45) is 0.0398. The van der Waals surface area contributed by atoms with Crippen molar-refractivity contribution in [2.24, 2.45) is 0 Å². The van der Waals surface area contributed by atoms with Crippen LogP contribution in [0.4, 0.5) is 0 Å². The van der Waals surface area contributed by atoms with E-state index in [-0.39, 0.29) is 25.3 Å². The number of phenolic OH excluding ortho intramolecular Hbond substituents is 1. The Balaban J connectivity index is 1.72. The molecule has 0 unspecified atom stereocenters. The number of rotatable bonds is 6. The molecule has 0 aromatic heterocycles. The quantitative estimate of drug-likeness (QED) is 0.796. The molecular formula is C17H16ClNO4. The summed E-state index contributed by atoms with van der Waals surface area (Å²) >= 11 is 5.98. The van der Waals surface area contributed by atoms with Crippen molar-refractivity contribution in [1.29, 1.82) is 0 Å². The number of esters is 1.